The number of carbonyl (C=O) groups is 1. The quantitative estimate of drug-likeness (QED) is 0.759. The molecular formula is C12H18FNO3. The second kappa shape index (κ2) is 8.81. The van der Waals surface area contributed by atoms with Gasteiger partial charge in [-0.15, -0.1) is 0 Å². The Morgan fingerprint density at radius 3 is 2.29 bits per heavy atom. The van der Waals surface area contributed by atoms with Crippen LogP contribution in [0.4, 0.5) is 4.39 Å². The Bertz CT molecular complexity index is 316. The molecule has 1 aromatic rings. The maximum absolute atomic E-state index is 12.4. The van der Waals surface area contributed by atoms with Crippen molar-refractivity contribution in [2.45, 2.75) is 12.1 Å². The summed E-state index contributed by atoms with van der Waals surface area (Å²) in [6.45, 7) is -0.645. The number of rotatable bonds is 5. The molecule has 0 amide bonds. The predicted octanol–water partition coefficient (Wildman–Crippen LogP) is 1.09. The Balaban J connectivity index is 0.00000121. The molecule has 3 N–H and O–H groups in total. The van der Waals surface area contributed by atoms with E-state index < -0.39 is 18.8 Å². The first-order valence-corrected chi connectivity index (χ1v) is 5.07. The fourth-order valence-corrected chi connectivity index (χ4v) is 1.40. The molecule has 96 valence electrons. The monoisotopic (exact) mass is 243 g/mol. The summed E-state index contributed by atoms with van der Waals surface area (Å²) in [7, 11) is 2.48. The van der Waals surface area contributed by atoms with Crippen LogP contribution in [0.3, 0.4) is 0 Å². The Labute approximate surface area is 100 Å². The van der Waals surface area contributed by atoms with Crippen LogP contribution in [0.15, 0.2) is 24.3 Å². The number of hydrogen-bond acceptors (Lipinski definition) is 4. The highest BCUT2D eigenvalue weighted by atomic mass is 19.1. The third-order valence-electron chi connectivity index (χ3n) is 2.22. The van der Waals surface area contributed by atoms with E-state index in [0.29, 0.717) is 5.56 Å². The highest BCUT2D eigenvalue weighted by Gasteiger charge is 2.18. The van der Waals surface area contributed by atoms with Crippen molar-refractivity contribution in [1.82, 2.24) is 0 Å². The van der Waals surface area contributed by atoms with Crippen LogP contribution >= 0.6 is 0 Å². The maximum Gasteiger partial charge on any atom is 0.150 e. The second-order valence-electron chi connectivity index (χ2n) is 3.26. The van der Waals surface area contributed by atoms with Gasteiger partial charge in [-0.2, -0.15) is 0 Å². The summed E-state index contributed by atoms with van der Waals surface area (Å²) >= 11 is 0. The normalized spacial score (nSPS) is 13.2. The zero-order valence-corrected chi connectivity index (χ0v) is 9.97. The van der Waals surface area contributed by atoms with Crippen LogP contribution in [0, 0.1) is 0 Å². The highest BCUT2D eigenvalue weighted by molar-refractivity contribution is 5.74. The molecule has 0 aliphatic rings. The minimum atomic E-state index is -0.683. The SMILES string of the molecule is CO.COC(c1ccc(C=O)cc1)C(N)CF. The maximum atomic E-state index is 12.4. The van der Waals surface area contributed by atoms with E-state index in [0.717, 1.165) is 19.0 Å². The first-order valence-electron chi connectivity index (χ1n) is 5.07. The van der Waals surface area contributed by atoms with Crippen molar-refractivity contribution in [2.24, 2.45) is 5.73 Å². The van der Waals surface area contributed by atoms with Gasteiger partial charge in [-0.25, -0.2) is 4.39 Å². The molecule has 1 rings (SSSR count). The second-order valence-corrected chi connectivity index (χ2v) is 3.26. The van der Waals surface area contributed by atoms with E-state index in [2.05, 4.69) is 0 Å². The molecule has 0 heterocycles. The van der Waals surface area contributed by atoms with Crippen LogP contribution in [-0.4, -0.2) is 38.3 Å². The van der Waals surface area contributed by atoms with E-state index in [4.69, 9.17) is 15.6 Å². The molecule has 2 unspecified atom stereocenters. The van der Waals surface area contributed by atoms with Crippen LogP contribution in [-0.2, 0) is 4.74 Å². The summed E-state index contributed by atoms with van der Waals surface area (Å²) in [4.78, 5) is 10.4. The van der Waals surface area contributed by atoms with E-state index in [9.17, 15) is 9.18 Å². The van der Waals surface area contributed by atoms with Gasteiger partial charge in [0.25, 0.3) is 0 Å². The fourth-order valence-electron chi connectivity index (χ4n) is 1.40. The van der Waals surface area contributed by atoms with Gasteiger partial charge in [0, 0.05) is 19.8 Å². The van der Waals surface area contributed by atoms with Crippen molar-refractivity contribution in [3.63, 3.8) is 0 Å². The third kappa shape index (κ3) is 4.60. The molecule has 0 aromatic heterocycles. The summed E-state index contributed by atoms with van der Waals surface area (Å²) in [6, 6.07) is 6.05. The third-order valence-corrected chi connectivity index (χ3v) is 2.22. The number of aldehydes is 1. The molecule has 0 aliphatic carbocycles. The molecule has 5 heteroatoms. The molecule has 2 atom stereocenters. The van der Waals surface area contributed by atoms with Crippen molar-refractivity contribution >= 4 is 6.29 Å². The van der Waals surface area contributed by atoms with Crippen molar-refractivity contribution in [2.75, 3.05) is 20.9 Å². The molecule has 17 heavy (non-hydrogen) atoms. The topological polar surface area (TPSA) is 72.5 Å². The largest absolute Gasteiger partial charge is 0.400 e. The minimum Gasteiger partial charge on any atom is -0.400 e. The first-order chi connectivity index (χ1) is 8.22. The molecule has 1 aromatic carbocycles. The van der Waals surface area contributed by atoms with Gasteiger partial charge in [-0.1, -0.05) is 24.3 Å². The number of benzene rings is 1. The number of hydrogen-bond donors (Lipinski definition) is 2. The van der Waals surface area contributed by atoms with Crippen molar-refractivity contribution < 1.29 is 19.0 Å². The van der Waals surface area contributed by atoms with Crippen molar-refractivity contribution in [3.8, 4) is 0 Å². The van der Waals surface area contributed by atoms with E-state index in [-0.39, 0.29) is 0 Å². The number of nitrogens with two attached hydrogens (primary N) is 1. The molecule has 4 nitrogen and oxygen atoms in total. The van der Waals surface area contributed by atoms with Crippen LogP contribution in [0.5, 0.6) is 0 Å². The van der Waals surface area contributed by atoms with Crippen LogP contribution < -0.4 is 5.73 Å². The summed E-state index contributed by atoms with van der Waals surface area (Å²) < 4.78 is 17.5. The molecule has 0 radical (unpaired) electrons. The average molecular weight is 243 g/mol. The first kappa shape index (κ1) is 15.7. The minimum absolute atomic E-state index is 0.476. The van der Waals surface area contributed by atoms with Crippen LogP contribution in [0.25, 0.3) is 0 Å². The summed E-state index contributed by atoms with van der Waals surface area (Å²) in [5.74, 6) is 0. The van der Waals surface area contributed by atoms with Crippen molar-refractivity contribution in [1.29, 1.82) is 0 Å². The zero-order chi connectivity index (χ0) is 13.3. The lowest BCUT2D eigenvalue weighted by molar-refractivity contribution is 0.0720. The highest BCUT2D eigenvalue weighted by Crippen LogP contribution is 2.20. The number of alkyl halides is 1. The molecule has 0 saturated carbocycles. The number of aliphatic hydroxyl groups excluding tert-OH is 1. The van der Waals surface area contributed by atoms with Gasteiger partial charge < -0.3 is 15.6 Å². The number of aliphatic hydroxyl groups is 1. The Morgan fingerprint density at radius 2 is 1.94 bits per heavy atom. The zero-order valence-electron chi connectivity index (χ0n) is 9.97. The van der Waals surface area contributed by atoms with Gasteiger partial charge in [-0.3, -0.25) is 4.79 Å². The Hall–Kier alpha value is -1.30. The van der Waals surface area contributed by atoms with Gasteiger partial charge in [0.05, 0.1) is 12.1 Å². The van der Waals surface area contributed by atoms with Gasteiger partial charge in [0.1, 0.15) is 13.0 Å². The van der Waals surface area contributed by atoms with Gasteiger partial charge in [0.2, 0.25) is 0 Å². The van der Waals surface area contributed by atoms with Crippen molar-refractivity contribution in [3.05, 3.63) is 35.4 Å². The van der Waals surface area contributed by atoms with Crippen LogP contribution in [0.1, 0.15) is 22.0 Å². The molecule has 0 spiro atoms. The summed E-state index contributed by atoms with van der Waals surface area (Å²) in [5, 5.41) is 7.00. The van der Waals surface area contributed by atoms with Gasteiger partial charge in [-0.05, 0) is 5.56 Å². The van der Waals surface area contributed by atoms with E-state index >= 15 is 0 Å². The Morgan fingerprint density at radius 1 is 1.41 bits per heavy atom. The smallest absolute Gasteiger partial charge is 0.150 e. The molecule has 0 aliphatic heterocycles. The fraction of sp³-hybridized carbons (Fsp3) is 0.417. The molecule has 0 fully saturated rings. The lowest BCUT2D eigenvalue weighted by atomic mass is 10.0. The van der Waals surface area contributed by atoms with Gasteiger partial charge in [0.15, 0.2) is 0 Å². The summed E-state index contributed by atoms with van der Waals surface area (Å²) in [5.41, 5.74) is 6.90. The van der Waals surface area contributed by atoms with E-state index in [1.54, 1.807) is 24.3 Å². The number of halogens is 1. The molecule has 0 bridgehead atoms. The van der Waals surface area contributed by atoms with E-state index in [1.807, 2.05) is 0 Å². The lowest BCUT2D eigenvalue weighted by Crippen LogP contribution is -2.31. The van der Waals surface area contributed by atoms with Gasteiger partial charge >= 0.3 is 0 Å². The number of methoxy groups -OCH3 is 1. The molecule has 0 saturated heterocycles. The average Bonchev–Trinajstić information content (AvgIpc) is 2.42. The standard InChI is InChI=1S/C11H14FNO2.CH4O/c1-15-11(10(13)6-12)9-4-2-8(7-14)3-5-9;1-2/h2-5,7,10-11H,6,13H2,1H3;2H,1H3. The Kier molecular flexibility index (Phi) is 8.13. The number of ether oxygens (including phenoxy) is 1. The lowest BCUT2D eigenvalue weighted by Gasteiger charge is -2.20. The number of carbonyl (C=O) groups excluding carboxylic acids is 1. The molecular weight excluding hydrogens is 225 g/mol. The summed E-state index contributed by atoms with van der Waals surface area (Å²) in [6.07, 6.45) is 0.274. The predicted molar refractivity (Wildman–Crippen MR) is 63.7 cm³/mol. The van der Waals surface area contributed by atoms with E-state index in [1.165, 1.54) is 7.11 Å². The van der Waals surface area contributed by atoms with Crippen LogP contribution in [0.2, 0.25) is 0 Å².